The summed E-state index contributed by atoms with van der Waals surface area (Å²) >= 11 is 0. The molecule has 0 saturated heterocycles. The molecule has 0 unspecified atom stereocenters. The Balaban J connectivity index is 2.53. The minimum Gasteiger partial charge on any atom is -0.506 e. The molecule has 0 amide bonds. The van der Waals surface area contributed by atoms with Crippen molar-refractivity contribution in [3.63, 3.8) is 0 Å². The van der Waals surface area contributed by atoms with Gasteiger partial charge in [0.15, 0.2) is 0 Å². The zero-order valence-corrected chi connectivity index (χ0v) is 9.53. The van der Waals surface area contributed by atoms with Gasteiger partial charge in [0.25, 0.3) is 0 Å². The van der Waals surface area contributed by atoms with Gasteiger partial charge in [0, 0.05) is 5.39 Å². The van der Waals surface area contributed by atoms with E-state index in [2.05, 4.69) is 4.98 Å². The van der Waals surface area contributed by atoms with Crippen LogP contribution in [0.15, 0.2) is 24.3 Å². The Morgan fingerprint density at radius 2 is 2.06 bits per heavy atom. The van der Waals surface area contributed by atoms with Gasteiger partial charge < -0.3 is 9.84 Å². The summed E-state index contributed by atoms with van der Waals surface area (Å²) in [5.41, 5.74) is 1.62. The van der Waals surface area contributed by atoms with Gasteiger partial charge in [-0.25, -0.2) is 4.98 Å². The van der Waals surface area contributed by atoms with Gasteiger partial charge in [-0.2, -0.15) is 0 Å². The minimum atomic E-state index is 0.253. The van der Waals surface area contributed by atoms with E-state index in [4.69, 9.17) is 4.74 Å². The van der Waals surface area contributed by atoms with E-state index in [1.165, 1.54) is 0 Å². The topological polar surface area (TPSA) is 42.4 Å². The van der Waals surface area contributed by atoms with Crippen LogP contribution in [0.5, 0.6) is 11.5 Å². The van der Waals surface area contributed by atoms with Gasteiger partial charge >= 0.3 is 0 Å². The predicted octanol–water partition coefficient (Wildman–Crippen LogP) is 2.90. The quantitative estimate of drug-likeness (QED) is 0.859. The Labute approximate surface area is 94.7 Å². The average Bonchev–Trinajstić information content (AvgIpc) is 2.28. The lowest BCUT2D eigenvalue weighted by Gasteiger charge is -2.06. The second kappa shape index (κ2) is 4.39. The average molecular weight is 217 g/mol. The summed E-state index contributed by atoms with van der Waals surface area (Å²) in [6, 6.07) is 7.45. The molecule has 1 heterocycles. The number of rotatable bonds is 3. The van der Waals surface area contributed by atoms with Crippen LogP contribution in [-0.2, 0) is 6.42 Å². The molecule has 0 bridgehead atoms. The van der Waals surface area contributed by atoms with Crippen LogP contribution in [-0.4, -0.2) is 16.7 Å². The van der Waals surface area contributed by atoms with Crippen LogP contribution in [0.25, 0.3) is 10.9 Å². The summed E-state index contributed by atoms with van der Waals surface area (Å²) < 4.78 is 5.40. The van der Waals surface area contributed by atoms with Crippen molar-refractivity contribution in [3.8, 4) is 11.5 Å². The predicted molar refractivity (Wildman–Crippen MR) is 64.0 cm³/mol. The number of aryl methyl sites for hydroxylation is 1. The third-order valence-corrected chi connectivity index (χ3v) is 2.49. The number of benzene rings is 1. The highest BCUT2D eigenvalue weighted by Gasteiger charge is 2.04. The minimum absolute atomic E-state index is 0.253. The third-order valence-electron chi connectivity index (χ3n) is 2.49. The van der Waals surface area contributed by atoms with E-state index >= 15 is 0 Å². The monoisotopic (exact) mass is 217 g/mol. The molecule has 0 spiro atoms. The van der Waals surface area contributed by atoms with E-state index in [0.717, 1.165) is 28.8 Å². The van der Waals surface area contributed by atoms with E-state index in [1.54, 1.807) is 6.07 Å². The van der Waals surface area contributed by atoms with Crippen molar-refractivity contribution < 1.29 is 9.84 Å². The molecule has 3 nitrogen and oxygen atoms in total. The second-order valence-corrected chi connectivity index (χ2v) is 3.60. The van der Waals surface area contributed by atoms with Crippen LogP contribution < -0.4 is 4.74 Å². The molecule has 2 rings (SSSR count). The zero-order chi connectivity index (χ0) is 11.5. The van der Waals surface area contributed by atoms with Gasteiger partial charge in [0.2, 0.25) is 0 Å². The van der Waals surface area contributed by atoms with Crippen LogP contribution in [0, 0.1) is 0 Å². The largest absolute Gasteiger partial charge is 0.506 e. The maximum atomic E-state index is 9.73. The number of hydrogen-bond donors (Lipinski definition) is 1. The maximum absolute atomic E-state index is 9.73. The van der Waals surface area contributed by atoms with Gasteiger partial charge in [-0.05, 0) is 37.6 Å². The number of fused-ring (bicyclic) bond motifs is 1. The Morgan fingerprint density at radius 3 is 2.75 bits per heavy atom. The Kier molecular flexibility index (Phi) is 2.95. The Morgan fingerprint density at radius 1 is 1.25 bits per heavy atom. The van der Waals surface area contributed by atoms with Crippen LogP contribution in [0.3, 0.4) is 0 Å². The second-order valence-electron chi connectivity index (χ2n) is 3.60. The zero-order valence-electron chi connectivity index (χ0n) is 9.53. The molecule has 0 aliphatic rings. The molecule has 0 aliphatic heterocycles. The Bertz CT molecular complexity index is 509. The summed E-state index contributed by atoms with van der Waals surface area (Å²) in [7, 11) is 0. The van der Waals surface area contributed by atoms with Gasteiger partial charge in [-0.15, -0.1) is 0 Å². The normalized spacial score (nSPS) is 10.6. The van der Waals surface area contributed by atoms with Gasteiger partial charge in [0.05, 0.1) is 17.8 Å². The van der Waals surface area contributed by atoms with Crippen LogP contribution in [0.2, 0.25) is 0 Å². The summed E-state index contributed by atoms with van der Waals surface area (Å²) in [5, 5.41) is 10.6. The van der Waals surface area contributed by atoms with Gasteiger partial charge in [-0.1, -0.05) is 6.92 Å². The lowest BCUT2D eigenvalue weighted by molar-refractivity contribution is 0.340. The Hall–Kier alpha value is -1.77. The number of hydrogen-bond acceptors (Lipinski definition) is 3. The first-order valence-corrected chi connectivity index (χ1v) is 5.50. The number of aromatic hydroxyl groups is 1. The van der Waals surface area contributed by atoms with Crippen LogP contribution in [0.1, 0.15) is 19.5 Å². The highest BCUT2D eigenvalue weighted by molar-refractivity contribution is 5.81. The fourth-order valence-electron chi connectivity index (χ4n) is 1.70. The fourth-order valence-corrected chi connectivity index (χ4v) is 1.70. The first-order valence-electron chi connectivity index (χ1n) is 5.50. The van der Waals surface area contributed by atoms with Crippen LogP contribution >= 0.6 is 0 Å². The van der Waals surface area contributed by atoms with Crippen molar-refractivity contribution >= 4 is 10.9 Å². The number of pyridine rings is 1. The van der Waals surface area contributed by atoms with Crippen molar-refractivity contribution in [2.75, 3.05) is 6.61 Å². The van der Waals surface area contributed by atoms with E-state index < -0.39 is 0 Å². The molecule has 1 N–H and O–H groups in total. The molecule has 3 heteroatoms. The first kappa shape index (κ1) is 10.7. The van der Waals surface area contributed by atoms with Gasteiger partial charge in [0.1, 0.15) is 11.5 Å². The molecule has 1 aromatic heterocycles. The molecule has 0 aliphatic carbocycles. The van der Waals surface area contributed by atoms with Crippen molar-refractivity contribution in [3.05, 3.63) is 30.0 Å². The van der Waals surface area contributed by atoms with E-state index in [0.29, 0.717) is 6.61 Å². The molecule has 0 radical (unpaired) electrons. The van der Waals surface area contributed by atoms with E-state index in [-0.39, 0.29) is 5.75 Å². The molecule has 0 fully saturated rings. The fraction of sp³-hybridized carbons (Fsp3) is 0.308. The van der Waals surface area contributed by atoms with Crippen molar-refractivity contribution in [2.24, 2.45) is 0 Å². The van der Waals surface area contributed by atoms with Crippen molar-refractivity contribution in [1.29, 1.82) is 0 Å². The molecular weight excluding hydrogens is 202 g/mol. The summed E-state index contributed by atoms with van der Waals surface area (Å²) in [6.45, 7) is 4.56. The summed E-state index contributed by atoms with van der Waals surface area (Å²) in [5.74, 6) is 1.06. The highest BCUT2D eigenvalue weighted by Crippen LogP contribution is 2.25. The summed E-state index contributed by atoms with van der Waals surface area (Å²) in [4.78, 5) is 4.39. The smallest absolute Gasteiger partial charge is 0.137 e. The lowest BCUT2D eigenvalue weighted by Crippen LogP contribution is -1.93. The molecule has 2 aromatic rings. The van der Waals surface area contributed by atoms with E-state index in [1.807, 2.05) is 32.0 Å². The third kappa shape index (κ3) is 1.94. The molecule has 1 aromatic carbocycles. The molecule has 0 atom stereocenters. The molecular formula is C13H15NO2. The number of ether oxygens (including phenoxy) is 1. The first-order chi connectivity index (χ1) is 7.74. The molecule has 16 heavy (non-hydrogen) atoms. The lowest BCUT2D eigenvalue weighted by atomic mass is 10.1. The van der Waals surface area contributed by atoms with E-state index in [9.17, 15) is 5.11 Å². The highest BCUT2D eigenvalue weighted by atomic mass is 16.5. The number of aromatic nitrogens is 1. The summed E-state index contributed by atoms with van der Waals surface area (Å²) in [6.07, 6.45) is 0.731. The SMILES string of the molecule is CCOc1ccc2nc(CC)c(O)cc2c1. The van der Waals surface area contributed by atoms with Crippen LogP contribution in [0.4, 0.5) is 0 Å². The van der Waals surface area contributed by atoms with Crippen molar-refractivity contribution in [2.45, 2.75) is 20.3 Å². The number of nitrogens with zero attached hydrogens (tertiary/aromatic N) is 1. The molecule has 0 saturated carbocycles. The molecule has 84 valence electrons. The van der Waals surface area contributed by atoms with Crippen molar-refractivity contribution in [1.82, 2.24) is 4.98 Å². The maximum Gasteiger partial charge on any atom is 0.137 e. The standard InChI is InChI=1S/C13H15NO2/c1-3-11-13(15)8-9-7-10(16-4-2)5-6-12(9)14-11/h5-8,15H,3-4H2,1-2H3. The van der Waals surface area contributed by atoms with Gasteiger partial charge in [-0.3, -0.25) is 0 Å².